The van der Waals surface area contributed by atoms with Gasteiger partial charge >= 0.3 is 5.69 Å². The molecule has 1 aliphatic rings. The summed E-state index contributed by atoms with van der Waals surface area (Å²) in [5.74, 6) is -0.221. The van der Waals surface area contributed by atoms with Crippen molar-refractivity contribution in [2.24, 2.45) is 0 Å². The molecule has 1 saturated heterocycles. The molecule has 0 bridgehead atoms. The summed E-state index contributed by atoms with van der Waals surface area (Å²) in [4.78, 5) is 28.7. The van der Waals surface area contributed by atoms with Gasteiger partial charge in [-0.3, -0.25) is 13.9 Å². The van der Waals surface area contributed by atoms with E-state index in [9.17, 15) is 9.59 Å². The number of likely N-dealkylation sites (N-methyl/N-ethyl adjacent to an activating group) is 1. The molecule has 0 saturated carbocycles. The number of para-hydroxylation sites is 4. The average molecular weight is 470 g/mol. The molecular weight excluding hydrogens is 438 g/mol. The minimum absolute atomic E-state index is 0.0236. The van der Waals surface area contributed by atoms with Crippen LogP contribution in [0.1, 0.15) is 41.7 Å². The fourth-order valence-corrected chi connectivity index (χ4v) is 5.02. The van der Waals surface area contributed by atoms with Gasteiger partial charge in [0, 0.05) is 12.1 Å². The van der Waals surface area contributed by atoms with E-state index in [1.807, 2.05) is 57.7 Å². The van der Waals surface area contributed by atoms with Crippen LogP contribution in [0.2, 0.25) is 0 Å². The molecule has 1 fully saturated rings. The van der Waals surface area contributed by atoms with Crippen molar-refractivity contribution in [2.75, 3.05) is 30.7 Å². The van der Waals surface area contributed by atoms with E-state index in [1.54, 1.807) is 24.3 Å². The first-order valence-electron chi connectivity index (χ1n) is 12.2. The number of amides is 1. The van der Waals surface area contributed by atoms with Crippen LogP contribution in [0.15, 0.2) is 77.6 Å². The highest BCUT2D eigenvalue weighted by Gasteiger charge is 2.25. The van der Waals surface area contributed by atoms with Crippen LogP contribution >= 0.6 is 0 Å². The number of fused-ring (bicyclic) bond motifs is 1. The quantitative estimate of drug-likeness (QED) is 0.411. The number of hydrogen-bond donors (Lipinski definition) is 2. The van der Waals surface area contributed by atoms with Crippen LogP contribution in [0.25, 0.3) is 11.0 Å². The predicted molar refractivity (Wildman–Crippen MR) is 141 cm³/mol. The number of carbonyl (C=O) groups is 1. The standard InChI is InChI=1S/C28H31N5O2/c1-2-31-17-7-8-22(19-31)33-26-12-6-5-11-25(26)32(28(33)35)18-20-13-15-21(16-14-20)27(34)30-24-10-4-3-9-23(24)29/h3-6,9-16,22H,2,7-8,17-19,29H2,1H3,(H,30,34). The Morgan fingerprint density at radius 3 is 2.46 bits per heavy atom. The maximum absolute atomic E-state index is 13.6. The van der Waals surface area contributed by atoms with Crippen molar-refractivity contribution in [3.05, 3.63) is 94.4 Å². The van der Waals surface area contributed by atoms with Crippen molar-refractivity contribution in [3.63, 3.8) is 0 Å². The number of nitrogen functional groups attached to an aromatic ring is 1. The number of nitrogens with one attached hydrogen (secondary N) is 1. The highest BCUT2D eigenvalue weighted by molar-refractivity contribution is 6.05. The van der Waals surface area contributed by atoms with Crippen LogP contribution in [0.5, 0.6) is 0 Å². The van der Waals surface area contributed by atoms with Crippen LogP contribution in [-0.2, 0) is 6.54 Å². The van der Waals surface area contributed by atoms with Crippen LogP contribution in [0, 0.1) is 0 Å². The number of nitrogens with zero attached hydrogens (tertiary/aromatic N) is 3. The molecule has 0 spiro atoms. The molecule has 1 unspecified atom stereocenters. The summed E-state index contributed by atoms with van der Waals surface area (Å²) in [7, 11) is 0. The molecule has 1 aromatic heterocycles. The third-order valence-corrected chi connectivity index (χ3v) is 6.93. The zero-order valence-electron chi connectivity index (χ0n) is 20.0. The van der Waals surface area contributed by atoms with Gasteiger partial charge < -0.3 is 16.0 Å². The van der Waals surface area contributed by atoms with E-state index in [-0.39, 0.29) is 17.6 Å². The number of aromatic nitrogens is 2. The molecule has 2 heterocycles. The second-order valence-corrected chi connectivity index (χ2v) is 9.16. The molecule has 180 valence electrons. The lowest BCUT2D eigenvalue weighted by Crippen LogP contribution is -2.39. The van der Waals surface area contributed by atoms with E-state index >= 15 is 0 Å². The highest BCUT2D eigenvalue weighted by Crippen LogP contribution is 2.25. The van der Waals surface area contributed by atoms with Crippen molar-refractivity contribution in [3.8, 4) is 0 Å². The molecule has 1 aliphatic heterocycles. The van der Waals surface area contributed by atoms with Crippen molar-refractivity contribution in [2.45, 2.75) is 32.4 Å². The van der Waals surface area contributed by atoms with Gasteiger partial charge in [-0.15, -0.1) is 0 Å². The Morgan fingerprint density at radius 1 is 1.00 bits per heavy atom. The topological polar surface area (TPSA) is 85.3 Å². The van der Waals surface area contributed by atoms with Crippen molar-refractivity contribution in [1.29, 1.82) is 0 Å². The summed E-state index contributed by atoms with van der Waals surface area (Å²) in [5.41, 5.74) is 10.5. The minimum Gasteiger partial charge on any atom is -0.397 e. The van der Waals surface area contributed by atoms with Crippen LogP contribution < -0.4 is 16.7 Å². The van der Waals surface area contributed by atoms with Gasteiger partial charge in [-0.25, -0.2) is 4.79 Å². The lowest BCUT2D eigenvalue weighted by Gasteiger charge is -2.32. The monoisotopic (exact) mass is 469 g/mol. The molecule has 1 atom stereocenters. The first kappa shape index (κ1) is 22.9. The van der Waals surface area contributed by atoms with E-state index in [2.05, 4.69) is 17.1 Å². The van der Waals surface area contributed by atoms with Gasteiger partial charge in [-0.05, 0) is 67.9 Å². The van der Waals surface area contributed by atoms with Crippen LogP contribution in [0.4, 0.5) is 11.4 Å². The largest absolute Gasteiger partial charge is 0.397 e. The van der Waals surface area contributed by atoms with Crippen molar-refractivity contribution in [1.82, 2.24) is 14.0 Å². The number of nitrogens with two attached hydrogens (primary N) is 1. The lowest BCUT2D eigenvalue weighted by atomic mass is 10.1. The smallest absolute Gasteiger partial charge is 0.329 e. The summed E-state index contributed by atoms with van der Waals surface area (Å²) in [6.07, 6.45) is 2.11. The number of piperidine rings is 1. The van der Waals surface area contributed by atoms with Crippen molar-refractivity contribution >= 4 is 28.3 Å². The van der Waals surface area contributed by atoms with E-state index in [4.69, 9.17) is 5.73 Å². The fourth-order valence-electron chi connectivity index (χ4n) is 5.02. The number of hydrogen-bond acceptors (Lipinski definition) is 4. The second kappa shape index (κ2) is 9.80. The number of benzene rings is 3. The Balaban J connectivity index is 1.40. The SMILES string of the molecule is CCN1CCCC(n2c(=O)n(Cc3ccc(C(=O)Nc4ccccc4N)cc3)c3ccccc32)C1. The molecule has 3 N–H and O–H groups in total. The zero-order chi connectivity index (χ0) is 24.4. The molecule has 1 amide bonds. The molecule has 4 aromatic rings. The van der Waals surface area contributed by atoms with Crippen LogP contribution in [0.3, 0.4) is 0 Å². The summed E-state index contributed by atoms with van der Waals surface area (Å²) in [5, 5.41) is 2.85. The number of imidazole rings is 1. The maximum Gasteiger partial charge on any atom is 0.329 e. The summed E-state index contributed by atoms with van der Waals surface area (Å²) >= 11 is 0. The Morgan fingerprint density at radius 2 is 1.71 bits per heavy atom. The van der Waals surface area contributed by atoms with Crippen molar-refractivity contribution < 1.29 is 4.79 Å². The molecule has 3 aromatic carbocycles. The highest BCUT2D eigenvalue weighted by atomic mass is 16.2. The first-order valence-corrected chi connectivity index (χ1v) is 12.2. The Hall–Kier alpha value is -3.84. The van der Waals surface area contributed by atoms with Gasteiger partial charge in [0.25, 0.3) is 5.91 Å². The molecule has 0 aliphatic carbocycles. The van der Waals surface area contributed by atoms with E-state index < -0.39 is 0 Å². The molecule has 5 rings (SSSR count). The Bertz CT molecular complexity index is 1400. The molecule has 0 radical (unpaired) electrons. The van der Waals surface area contributed by atoms with Gasteiger partial charge in [0.15, 0.2) is 0 Å². The number of rotatable bonds is 6. The molecule has 35 heavy (non-hydrogen) atoms. The average Bonchev–Trinajstić information content (AvgIpc) is 3.17. The number of anilines is 2. The Labute approximate surface area is 204 Å². The summed E-state index contributed by atoms with van der Waals surface area (Å²) < 4.78 is 3.84. The third-order valence-electron chi connectivity index (χ3n) is 6.93. The van der Waals surface area contributed by atoms with E-state index in [0.717, 1.165) is 49.1 Å². The van der Waals surface area contributed by atoms with Gasteiger partial charge in [-0.2, -0.15) is 0 Å². The Kier molecular flexibility index (Phi) is 6.42. The van der Waals surface area contributed by atoms with Gasteiger partial charge in [-0.1, -0.05) is 43.3 Å². The summed E-state index contributed by atoms with van der Waals surface area (Å²) in [6, 6.07) is 22.8. The predicted octanol–water partition coefficient (Wildman–Crippen LogP) is 4.34. The third kappa shape index (κ3) is 4.59. The normalized spacial score (nSPS) is 16.4. The number of carbonyl (C=O) groups excluding carboxylic acids is 1. The van der Waals surface area contributed by atoms with Gasteiger partial charge in [0.05, 0.1) is 35.0 Å². The molecule has 7 nitrogen and oxygen atoms in total. The minimum atomic E-state index is -0.221. The summed E-state index contributed by atoms with van der Waals surface area (Å²) in [6.45, 7) is 5.62. The van der Waals surface area contributed by atoms with Crippen LogP contribution in [-0.4, -0.2) is 39.6 Å². The molecule has 7 heteroatoms. The van der Waals surface area contributed by atoms with Gasteiger partial charge in [0.2, 0.25) is 0 Å². The fraction of sp³-hybridized carbons (Fsp3) is 0.286. The molecular formula is C28H31N5O2. The van der Waals surface area contributed by atoms with E-state index in [0.29, 0.717) is 23.5 Å². The maximum atomic E-state index is 13.6. The number of likely N-dealkylation sites (tertiary alicyclic amines) is 1. The van der Waals surface area contributed by atoms with Gasteiger partial charge in [0.1, 0.15) is 0 Å². The first-order chi connectivity index (χ1) is 17.0. The van der Waals surface area contributed by atoms with E-state index in [1.165, 1.54) is 0 Å². The second-order valence-electron chi connectivity index (χ2n) is 9.16. The zero-order valence-corrected chi connectivity index (χ0v) is 20.0. The lowest BCUT2D eigenvalue weighted by molar-refractivity contribution is 0.102.